The van der Waals surface area contributed by atoms with E-state index in [1.54, 1.807) is 17.4 Å². The molecule has 1 unspecified atom stereocenters. The number of thiazole rings is 1. The predicted octanol–water partition coefficient (Wildman–Crippen LogP) is 4.02. The lowest BCUT2D eigenvalue weighted by Gasteiger charge is -2.41. The molecule has 3 aromatic rings. The molecule has 0 radical (unpaired) electrons. The van der Waals surface area contributed by atoms with Crippen LogP contribution < -0.4 is 0 Å². The summed E-state index contributed by atoms with van der Waals surface area (Å²) in [7, 11) is 0. The van der Waals surface area contributed by atoms with E-state index in [2.05, 4.69) is 26.9 Å². The summed E-state index contributed by atoms with van der Waals surface area (Å²) in [6, 6.07) is 17.4. The maximum Gasteiger partial charge on any atom is 0.127 e. The number of aromatic nitrogens is 1. The molecule has 6 heteroatoms. The van der Waals surface area contributed by atoms with Crippen LogP contribution in [0.15, 0.2) is 60.8 Å². The number of aliphatic hydroxyl groups is 1. The predicted molar refractivity (Wildman–Crippen MR) is 115 cm³/mol. The number of nitrogens with zero attached hydrogens (tertiary/aromatic N) is 3. The molecule has 0 amide bonds. The first-order valence-electron chi connectivity index (χ1n) is 10.0. The summed E-state index contributed by atoms with van der Waals surface area (Å²) in [5.41, 5.74) is 1.87. The minimum atomic E-state index is -0.157. The summed E-state index contributed by atoms with van der Waals surface area (Å²) in [5.74, 6) is -0.157. The first-order chi connectivity index (χ1) is 14.2. The van der Waals surface area contributed by atoms with Crippen LogP contribution in [0.3, 0.4) is 0 Å². The Labute approximate surface area is 175 Å². The fraction of sp³-hybridized carbons (Fsp3) is 0.348. The van der Waals surface area contributed by atoms with Crippen molar-refractivity contribution < 1.29 is 9.50 Å². The second-order valence-electron chi connectivity index (χ2n) is 7.46. The molecule has 0 bridgehead atoms. The molecule has 0 saturated carbocycles. The Balaban J connectivity index is 1.40. The fourth-order valence-corrected chi connectivity index (χ4v) is 4.85. The maximum absolute atomic E-state index is 14.1. The molecule has 2 aromatic carbocycles. The third-order valence-corrected chi connectivity index (χ3v) is 6.47. The highest BCUT2D eigenvalue weighted by molar-refractivity contribution is 7.15. The Morgan fingerprint density at radius 1 is 1.03 bits per heavy atom. The summed E-state index contributed by atoms with van der Waals surface area (Å²) in [4.78, 5) is 10.5. The van der Waals surface area contributed by atoms with Gasteiger partial charge in [0, 0.05) is 67.6 Å². The van der Waals surface area contributed by atoms with Gasteiger partial charge >= 0.3 is 0 Å². The van der Waals surface area contributed by atoms with Gasteiger partial charge in [-0.3, -0.25) is 9.80 Å². The van der Waals surface area contributed by atoms with Crippen molar-refractivity contribution in [1.29, 1.82) is 0 Å². The number of benzene rings is 2. The summed E-state index contributed by atoms with van der Waals surface area (Å²) in [6.07, 6.45) is 2.67. The van der Waals surface area contributed by atoms with E-state index in [0.29, 0.717) is 13.0 Å². The lowest BCUT2D eigenvalue weighted by atomic mass is 10.1. The number of aliphatic hydroxyl groups excluding tert-OH is 1. The van der Waals surface area contributed by atoms with Crippen LogP contribution in [0.5, 0.6) is 0 Å². The Kier molecular flexibility index (Phi) is 6.67. The number of halogens is 1. The molecule has 1 N–H and O–H groups in total. The van der Waals surface area contributed by atoms with Crippen LogP contribution >= 0.6 is 11.3 Å². The van der Waals surface area contributed by atoms with Crippen molar-refractivity contribution in [1.82, 2.24) is 14.8 Å². The molecule has 1 atom stereocenters. The minimum Gasteiger partial charge on any atom is -0.396 e. The Morgan fingerprint density at radius 2 is 1.83 bits per heavy atom. The average Bonchev–Trinajstić information content (AvgIpc) is 3.21. The van der Waals surface area contributed by atoms with Gasteiger partial charge in [-0.15, -0.1) is 11.3 Å². The monoisotopic (exact) mass is 411 g/mol. The van der Waals surface area contributed by atoms with Crippen molar-refractivity contribution >= 4 is 11.3 Å². The number of piperazine rings is 1. The minimum absolute atomic E-state index is 0.144. The van der Waals surface area contributed by atoms with Crippen LogP contribution in [-0.2, 0) is 13.1 Å². The molecule has 1 aliphatic rings. The summed E-state index contributed by atoms with van der Waals surface area (Å²) >= 11 is 1.73. The third kappa shape index (κ3) is 5.08. The Bertz CT molecular complexity index is 917. The van der Waals surface area contributed by atoms with Crippen LogP contribution in [0.2, 0.25) is 0 Å². The van der Waals surface area contributed by atoms with E-state index in [9.17, 15) is 9.50 Å². The van der Waals surface area contributed by atoms with E-state index in [0.717, 1.165) is 42.3 Å². The normalized spacial score (nSPS) is 18.2. The van der Waals surface area contributed by atoms with Crippen molar-refractivity contribution in [2.45, 2.75) is 25.6 Å². The van der Waals surface area contributed by atoms with E-state index in [-0.39, 0.29) is 18.5 Å². The van der Waals surface area contributed by atoms with E-state index >= 15 is 0 Å². The van der Waals surface area contributed by atoms with Crippen LogP contribution in [0.1, 0.15) is 16.9 Å². The molecule has 29 heavy (non-hydrogen) atoms. The number of hydrogen-bond acceptors (Lipinski definition) is 5. The molecule has 4 rings (SSSR count). The third-order valence-electron chi connectivity index (χ3n) is 5.44. The molecule has 2 heterocycles. The van der Waals surface area contributed by atoms with Gasteiger partial charge in [0.1, 0.15) is 10.8 Å². The van der Waals surface area contributed by atoms with Gasteiger partial charge in [0.25, 0.3) is 0 Å². The van der Waals surface area contributed by atoms with Gasteiger partial charge in [-0.05, 0) is 12.5 Å². The highest BCUT2D eigenvalue weighted by Gasteiger charge is 2.27. The second kappa shape index (κ2) is 9.59. The van der Waals surface area contributed by atoms with Crippen LogP contribution in [0, 0.1) is 5.82 Å². The maximum atomic E-state index is 14.1. The SMILES string of the molecule is OCCC1CN(Cc2cnc(-c3ccccc3)s2)CCN1Cc1ccccc1F. The van der Waals surface area contributed by atoms with Gasteiger partial charge in [-0.25, -0.2) is 9.37 Å². The summed E-state index contributed by atoms with van der Waals surface area (Å²) < 4.78 is 14.1. The molecule has 1 aromatic heterocycles. The highest BCUT2D eigenvalue weighted by Crippen LogP contribution is 2.27. The topological polar surface area (TPSA) is 39.6 Å². The van der Waals surface area contributed by atoms with E-state index in [4.69, 9.17) is 0 Å². The lowest BCUT2D eigenvalue weighted by molar-refractivity contribution is 0.0497. The van der Waals surface area contributed by atoms with Crippen molar-refractivity contribution in [2.75, 3.05) is 26.2 Å². The first kappa shape index (κ1) is 20.2. The van der Waals surface area contributed by atoms with Crippen molar-refractivity contribution in [3.8, 4) is 10.6 Å². The standard InChI is InChI=1S/C23H26FN3OS/c24-22-9-5-4-8-19(22)15-27-12-11-26(16-20(27)10-13-28)17-21-14-25-23(29-21)18-6-2-1-3-7-18/h1-9,14,20,28H,10-13,15-17H2. The van der Waals surface area contributed by atoms with Gasteiger partial charge in [-0.1, -0.05) is 48.5 Å². The molecule has 4 nitrogen and oxygen atoms in total. The summed E-state index contributed by atoms with van der Waals surface area (Å²) in [6.45, 7) is 4.25. The van der Waals surface area contributed by atoms with Gasteiger partial charge in [-0.2, -0.15) is 0 Å². The largest absolute Gasteiger partial charge is 0.396 e. The van der Waals surface area contributed by atoms with Gasteiger partial charge < -0.3 is 5.11 Å². The van der Waals surface area contributed by atoms with Gasteiger partial charge in [0.05, 0.1) is 0 Å². The first-order valence-corrected chi connectivity index (χ1v) is 10.9. The van der Waals surface area contributed by atoms with Crippen molar-refractivity contribution in [2.24, 2.45) is 0 Å². The summed E-state index contributed by atoms with van der Waals surface area (Å²) in [5, 5.41) is 10.6. The van der Waals surface area contributed by atoms with Crippen molar-refractivity contribution in [3.63, 3.8) is 0 Å². The molecule has 1 saturated heterocycles. The van der Waals surface area contributed by atoms with Gasteiger partial charge in [0.2, 0.25) is 0 Å². The average molecular weight is 412 g/mol. The number of hydrogen-bond donors (Lipinski definition) is 1. The Hall–Kier alpha value is -2.12. The van der Waals surface area contributed by atoms with Gasteiger partial charge in [0.15, 0.2) is 0 Å². The van der Waals surface area contributed by atoms with Crippen LogP contribution in [-0.4, -0.2) is 52.2 Å². The molecule has 152 valence electrons. The molecule has 1 aliphatic heterocycles. The van der Waals surface area contributed by atoms with Crippen LogP contribution in [0.25, 0.3) is 10.6 Å². The van der Waals surface area contributed by atoms with E-state index in [1.807, 2.05) is 36.5 Å². The molecule has 0 aliphatic carbocycles. The molecular formula is C23H26FN3OS. The zero-order valence-corrected chi connectivity index (χ0v) is 17.2. The second-order valence-corrected chi connectivity index (χ2v) is 8.58. The Morgan fingerprint density at radius 3 is 2.62 bits per heavy atom. The molecular weight excluding hydrogens is 385 g/mol. The van der Waals surface area contributed by atoms with E-state index in [1.165, 1.54) is 10.9 Å². The zero-order valence-electron chi connectivity index (χ0n) is 16.4. The van der Waals surface area contributed by atoms with Crippen molar-refractivity contribution in [3.05, 3.63) is 77.1 Å². The number of rotatable bonds is 7. The van der Waals surface area contributed by atoms with E-state index < -0.39 is 0 Å². The zero-order chi connectivity index (χ0) is 20.1. The quantitative estimate of drug-likeness (QED) is 0.638. The highest BCUT2D eigenvalue weighted by atomic mass is 32.1. The van der Waals surface area contributed by atoms with Crippen LogP contribution in [0.4, 0.5) is 4.39 Å². The fourth-order valence-electron chi connectivity index (χ4n) is 3.89. The smallest absolute Gasteiger partial charge is 0.127 e. The lowest BCUT2D eigenvalue weighted by Crippen LogP contribution is -2.52. The molecule has 1 fully saturated rings. The molecule has 0 spiro atoms.